The Morgan fingerprint density at radius 1 is 1.31 bits per heavy atom. The van der Waals surface area contributed by atoms with Crippen molar-refractivity contribution >= 4 is 5.97 Å². The highest BCUT2D eigenvalue weighted by Gasteiger charge is 2.10. The second-order valence-corrected chi connectivity index (χ2v) is 2.92. The van der Waals surface area contributed by atoms with Crippen LogP contribution in [0.5, 0.6) is 0 Å². The number of rotatable bonds is 2. The van der Waals surface area contributed by atoms with Crippen molar-refractivity contribution < 1.29 is 18.7 Å². The summed E-state index contributed by atoms with van der Waals surface area (Å²) >= 11 is 0. The van der Waals surface area contributed by atoms with Crippen LogP contribution < -0.4 is 0 Å². The van der Waals surface area contributed by atoms with Gasteiger partial charge in [0.2, 0.25) is 0 Å². The summed E-state index contributed by atoms with van der Waals surface area (Å²) in [6.07, 6.45) is 1.02. The van der Waals surface area contributed by atoms with Gasteiger partial charge in [-0.25, -0.2) is 13.6 Å². The van der Waals surface area contributed by atoms with Crippen LogP contribution in [0.15, 0.2) is 24.4 Å². The monoisotopic (exact) mass is 225 g/mol. The molecule has 0 bridgehead atoms. The smallest absolute Gasteiger partial charge is 0.358 e. The third kappa shape index (κ3) is 1.74. The molecule has 0 aliphatic heterocycles. The Morgan fingerprint density at radius 3 is 2.62 bits per heavy atom. The largest absolute Gasteiger partial charge is 0.476 e. The molecule has 0 aliphatic rings. The van der Waals surface area contributed by atoms with Crippen molar-refractivity contribution in [2.24, 2.45) is 0 Å². The standard InChI is InChI=1S/C9H5F2N3O2/c10-6-2-1-5(3-7(6)11)14-12-4-8(13-14)9(15)16/h1-4H,(H,15,16). The lowest BCUT2D eigenvalue weighted by Crippen LogP contribution is -2.03. The van der Waals surface area contributed by atoms with Crippen LogP contribution in [0.1, 0.15) is 10.5 Å². The zero-order valence-corrected chi connectivity index (χ0v) is 7.76. The third-order valence-corrected chi connectivity index (χ3v) is 1.85. The summed E-state index contributed by atoms with van der Waals surface area (Å²) in [6.45, 7) is 0. The van der Waals surface area contributed by atoms with Crippen molar-refractivity contribution in [2.75, 3.05) is 0 Å². The highest BCUT2D eigenvalue weighted by Crippen LogP contribution is 2.11. The lowest BCUT2D eigenvalue weighted by Gasteiger charge is -1.99. The number of aromatic carboxylic acids is 1. The molecule has 0 amide bonds. The molecule has 0 spiro atoms. The van der Waals surface area contributed by atoms with Crippen LogP contribution >= 0.6 is 0 Å². The molecule has 0 unspecified atom stereocenters. The topological polar surface area (TPSA) is 68.0 Å². The van der Waals surface area contributed by atoms with Crippen LogP contribution in [0.3, 0.4) is 0 Å². The van der Waals surface area contributed by atoms with Gasteiger partial charge in [-0.15, -0.1) is 5.10 Å². The molecule has 16 heavy (non-hydrogen) atoms. The van der Waals surface area contributed by atoms with E-state index >= 15 is 0 Å². The number of nitrogens with zero attached hydrogens (tertiary/aromatic N) is 3. The molecule has 2 aromatic rings. The maximum atomic E-state index is 12.9. The number of benzene rings is 1. The first-order valence-corrected chi connectivity index (χ1v) is 4.19. The SMILES string of the molecule is O=C(O)c1cnn(-c2ccc(F)c(F)c2)n1. The molecule has 7 heteroatoms. The van der Waals surface area contributed by atoms with Gasteiger partial charge in [-0.3, -0.25) is 0 Å². The van der Waals surface area contributed by atoms with Gasteiger partial charge in [-0.1, -0.05) is 0 Å². The minimum Gasteiger partial charge on any atom is -0.476 e. The predicted octanol–water partition coefficient (Wildman–Crippen LogP) is 1.24. The molecule has 1 N–H and O–H groups in total. The number of aromatic nitrogens is 3. The predicted molar refractivity (Wildman–Crippen MR) is 48.2 cm³/mol. The average molecular weight is 225 g/mol. The van der Waals surface area contributed by atoms with E-state index in [4.69, 9.17) is 5.11 Å². The molecule has 2 rings (SSSR count). The Balaban J connectivity index is 2.42. The lowest BCUT2D eigenvalue weighted by atomic mass is 10.3. The fourth-order valence-electron chi connectivity index (χ4n) is 1.09. The normalized spacial score (nSPS) is 10.4. The Bertz CT molecular complexity index is 553. The molecule has 0 atom stereocenters. The molecule has 1 aromatic heterocycles. The summed E-state index contributed by atoms with van der Waals surface area (Å²) in [4.78, 5) is 11.4. The van der Waals surface area contributed by atoms with Gasteiger partial charge in [0, 0.05) is 6.07 Å². The number of carboxylic acids is 1. The van der Waals surface area contributed by atoms with Gasteiger partial charge >= 0.3 is 5.97 Å². The van der Waals surface area contributed by atoms with Gasteiger partial charge in [-0.2, -0.15) is 9.90 Å². The number of hydrogen-bond acceptors (Lipinski definition) is 3. The lowest BCUT2D eigenvalue weighted by molar-refractivity contribution is 0.0690. The average Bonchev–Trinajstić information content (AvgIpc) is 2.71. The summed E-state index contributed by atoms with van der Waals surface area (Å²) in [5, 5.41) is 15.8. The van der Waals surface area contributed by atoms with Gasteiger partial charge < -0.3 is 5.11 Å². The molecule has 0 saturated carbocycles. The highest BCUT2D eigenvalue weighted by atomic mass is 19.2. The molecule has 0 aliphatic carbocycles. The van der Waals surface area contributed by atoms with Crippen LogP contribution in [0, 0.1) is 11.6 Å². The van der Waals surface area contributed by atoms with Crippen LogP contribution in [0.2, 0.25) is 0 Å². The summed E-state index contributed by atoms with van der Waals surface area (Å²) in [6, 6.07) is 3.03. The Hall–Kier alpha value is -2.31. The number of halogens is 2. The molecular weight excluding hydrogens is 220 g/mol. The summed E-state index contributed by atoms with van der Waals surface area (Å²) in [5.41, 5.74) is -0.129. The van der Waals surface area contributed by atoms with E-state index in [-0.39, 0.29) is 11.4 Å². The van der Waals surface area contributed by atoms with Crippen molar-refractivity contribution in [1.29, 1.82) is 0 Å². The van der Waals surface area contributed by atoms with Gasteiger partial charge in [0.05, 0.1) is 11.9 Å². The Labute approximate surface area is 87.9 Å². The first-order valence-electron chi connectivity index (χ1n) is 4.19. The van der Waals surface area contributed by atoms with E-state index in [0.717, 1.165) is 23.1 Å². The minimum absolute atomic E-state index is 0.145. The summed E-state index contributed by atoms with van der Waals surface area (Å²) < 4.78 is 25.5. The first kappa shape index (κ1) is 10.2. The molecule has 1 heterocycles. The van der Waals surface area contributed by atoms with Crippen molar-refractivity contribution in [3.05, 3.63) is 41.7 Å². The molecular formula is C9H5F2N3O2. The van der Waals surface area contributed by atoms with Crippen molar-refractivity contribution in [3.8, 4) is 5.69 Å². The Morgan fingerprint density at radius 2 is 2.06 bits per heavy atom. The maximum absolute atomic E-state index is 12.9. The van der Waals surface area contributed by atoms with E-state index in [9.17, 15) is 13.6 Å². The molecule has 0 fully saturated rings. The summed E-state index contributed by atoms with van der Waals surface area (Å²) in [7, 11) is 0. The minimum atomic E-state index is -1.24. The van der Waals surface area contributed by atoms with Crippen molar-refractivity contribution in [3.63, 3.8) is 0 Å². The second-order valence-electron chi connectivity index (χ2n) is 2.92. The molecule has 0 radical (unpaired) electrons. The van der Waals surface area contributed by atoms with Crippen molar-refractivity contribution in [1.82, 2.24) is 15.0 Å². The Kier molecular flexibility index (Phi) is 2.35. The van der Waals surface area contributed by atoms with E-state index in [1.54, 1.807) is 0 Å². The number of hydrogen-bond donors (Lipinski definition) is 1. The first-order chi connectivity index (χ1) is 7.58. The van der Waals surface area contributed by atoms with E-state index in [0.29, 0.717) is 0 Å². The second kappa shape index (κ2) is 3.69. The van der Waals surface area contributed by atoms with E-state index in [2.05, 4.69) is 10.2 Å². The van der Waals surface area contributed by atoms with E-state index in [1.165, 1.54) is 6.07 Å². The van der Waals surface area contributed by atoms with Crippen LogP contribution in [-0.4, -0.2) is 26.1 Å². The molecule has 0 saturated heterocycles. The van der Waals surface area contributed by atoms with E-state index < -0.39 is 17.6 Å². The van der Waals surface area contributed by atoms with Crippen molar-refractivity contribution in [2.45, 2.75) is 0 Å². The third-order valence-electron chi connectivity index (χ3n) is 1.85. The zero-order valence-electron chi connectivity index (χ0n) is 7.76. The number of carbonyl (C=O) groups is 1. The fourth-order valence-corrected chi connectivity index (χ4v) is 1.09. The van der Waals surface area contributed by atoms with E-state index in [1.807, 2.05) is 0 Å². The van der Waals surface area contributed by atoms with Gasteiger partial charge in [-0.05, 0) is 12.1 Å². The zero-order chi connectivity index (χ0) is 11.7. The quantitative estimate of drug-likeness (QED) is 0.834. The highest BCUT2D eigenvalue weighted by molar-refractivity contribution is 5.84. The summed E-state index contributed by atoms with van der Waals surface area (Å²) in [5.74, 6) is -3.28. The van der Waals surface area contributed by atoms with Gasteiger partial charge in [0.15, 0.2) is 17.3 Å². The van der Waals surface area contributed by atoms with Crippen LogP contribution in [-0.2, 0) is 0 Å². The molecule has 1 aromatic carbocycles. The molecule has 82 valence electrons. The number of carboxylic acid groups (broad SMARTS) is 1. The van der Waals surface area contributed by atoms with Crippen LogP contribution in [0.4, 0.5) is 8.78 Å². The van der Waals surface area contributed by atoms with Crippen LogP contribution in [0.25, 0.3) is 5.69 Å². The molecule has 5 nitrogen and oxygen atoms in total. The fraction of sp³-hybridized carbons (Fsp3) is 0. The maximum Gasteiger partial charge on any atom is 0.358 e. The van der Waals surface area contributed by atoms with Gasteiger partial charge in [0.1, 0.15) is 0 Å². The van der Waals surface area contributed by atoms with Gasteiger partial charge in [0.25, 0.3) is 0 Å².